The lowest BCUT2D eigenvalue weighted by Gasteiger charge is -2.06. The van der Waals surface area contributed by atoms with Crippen molar-refractivity contribution in [3.8, 4) is 0 Å². The van der Waals surface area contributed by atoms with Crippen LogP contribution in [0, 0.1) is 0 Å². The standard InChI is InChI=1S/C8H11N3O4/c1-10-3-5(9)7(13)11(8(10)14)4-6(12)15-2/h3H,4,9H2,1-2H3. The van der Waals surface area contributed by atoms with Crippen LogP contribution < -0.4 is 17.0 Å². The van der Waals surface area contributed by atoms with Gasteiger partial charge in [-0.2, -0.15) is 0 Å². The third kappa shape index (κ3) is 2.06. The van der Waals surface area contributed by atoms with Crippen molar-refractivity contribution in [2.24, 2.45) is 7.05 Å². The molecular formula is C8H11N3O4. The summed E-state index contributed by atoms with van der Waals surface area (Å²) in [5, 5.41) is 0. The third-order valence-corrected chi connectivity index (χ3v) is 1.87. The highest BCUT2D eigenvalue weighted by atomic mass is 16.5. The van der Waals surface area contributed by atoms with E-state index >= 15 is 0 Å². The molecule has 0 spiro atoms. The first-order valence-electron chi connectivity index (χ1n) is 4.10. The molecule has 7 nitrogen and oxygen atoms in total. The van der Waals surface area contributed by atoms with Gasteiger partial charge in [0, 0.05) is 13.2 Å². The summed E-state index contributed by atoms with van der Waals surface area (Å²) in [7, 11) is 2.61. The first-order valence-corrected chi connectivity index (χ1v) is 4.10. The molecular weight excluding hydrogens is 202 g/mol. The highest BCUT2D eigenvalue weighted by molar-refractivity contribution is 5.69. The fourth-order valence-electron chi connectivity index (χ4n) is 1.09. The number of ether oxygens (including phenoxy) is 1. The van der Waals surface area contributed by atoms with Gasteiger partial charge in [0.1, 0.15) is 12.2 Å². The van der Waals surface area contributed by atoms with E-state index in [2.05, 4.69) is 4.74 Å². The van der Waals surface area contributed by atoms with Gasteiger partial charge in [0.25, 0.3) is 5.56 Å². The third-order valence-electron chi connectivity index (χ3n) is 1.87. The van der Waals surface area contributed by atoms with Crippen LogP contribution in [0.25, 0.3) is 0 Å². The van der Waals surface area contributed by atoms with Gasteiger partial charge < -0.3 is 15.0 Å². The predicted molar refractivity (Wildman–Crippen MR) is 52.4 cm³/mol. The molecule has 0 atom stereocenters. The molecule has 0 aliphatic heterocycles. The number of aromatic nitrogens is 2. The molecule has 1 rings (SSSR count). The van der Waals surface area contributed by atoms with Crippen molar-refractivity contribution < 1.29 is 9.53 Å². The lowest BCUT2D eigenvalue weighted by Crippen LogP contribution is -2.41. The highest BCUT2D eigenvalue weighted by Crippen LogP contribution is 1.87. The van der Waals surface area contributed by atoms with Crippen LogP contribution in [0.3, 0.4) is 0 Å². The maximum Gasteiger partial charge on any atom is 0.331 e. The van der Waals surface area contributed by atoms with E-state index in [0.29, 0.717) is 0 Å². The van der Waals surface area contributed by atoms with Crippen LogP contribution in [0.5, 0.6) is 0 Å². The Balaban J connectivity index is 3.34. The molecule has 0 aliphatic carbocycles. The van der Waals surface area contributed by atoms with Gasteiger partial charge in [-0.1, -0.05) is 0 Å². The Hall–Kier alpha value is -2.05. The SMILES string of the molecule is COC(=O)Cn1c(=O)c(N)cn(C)c1=O. The number of hydrogen-bond donors (Lipinski definition) is 1. The maximum absolute atomic E-state index is 11.5. The predicted octanol–water partition coefficient (Wildman–Crippen LogP) is -1.70. The molecule has 0 radical (unpaired) electrons. The second-order valence-corrected chi connectivity index (χ2v) is 2.95. The Morgan fingerprint density at radius 1 is 1.53 bits per heavy atom. The van der Waals surface area contributed by atoms with Crippen molar-refractivity contribution in [2.45, 2.75) is 6.54 Å². The molecule has 82 valence electrons. The molecule has 0 saturated carbocycles. The number of aryl methyl sites for hydroxylation is 1. The van der Waals surface area contributed by atoms with E-state index in [0.717, 1.165) is 9.13 Å². The summed E-state index contributed by atoms with van der Waals surface area (Å²) in [6.07, 6.45) is 1.21. The smallest absolute Gasteiger partial charge is 0.331 e. The number of nitrogens with zero attached hydrogens (tertiary/aromatic N) is 2. The molecule has 0 amide bonds. The molecule has 7 heteroatoms. The van der Waals surface area contributed by atoms with E-state index in [4.69, 9.17) is 5.73 Å². The maximum atomic E-state index is 11.5. The zero-order valence-corrected chi connectivity index (χ0v) is 8.39. The summed E-state index contributed by atoms with van der Waals surface area (Å²) in [6.45, 7) is -0.437. The van der Waals surface area contributed by atoms with E-state index in [1.54, 1.807) is 0 Å². The van der Waals surface area contributed by atoms with Gasteiger partial charge in [-0.05, 0) is 0 Å². The number of nitrogen functional groups attached to an aromatic ring is 1. The number of anilines is 1. The first-order chi connectivity index (χ1) is 6.97. The largest absolute Gasteiger partial charge is 0.468 e. The second kappa shape index (κ2) is 3.99. The molecule has 1 aromatic heterocycles. The van der Waals surface area contributed by atoms with E-state index < -0.39 is 23.8 Å². The van der Waals surface area contributed by atoms with Gasteiger partial charge in [0.05, 0.1) is 7.11 Å². The van der Waals surface area contributed by atoms with Gasteiger partial charge in [0.2, 0.25) is 0 Å². The summed E-state index contributed by atoms with van der Waals surface area (Å²) in [6, 6.07) is 0. The Bertz CT molecular complexity index is 465. The molecule has 1 heterocycles. The Kier molecular flexibility index (Phi) is 2.93. The number of carbonyl (C=O) groups is 1. The van der Waals surface area contributed by atoms with Gasteiger partial charge in [-0.3, -0.25) is 9.59 Å². The molecule has 0 unspecified atom stereocenters. The van der Waals surface area contributed by atoms with E-state index in [1.165, 1.54) is 20.4 Å². The zero-order valence-electron chi connectivity index (χ0n) is 8.39. The fourth-order valence-corrected chi connectivity index (χ4v) is 1.09. The van der Waals surface area contributed by atoms with E-state index in [9.17, 15) is 14.4 Å². The lowest BCUT2D eigenvalue weighted by atomic mass is 10.5. The van der Waals surface area contributed by atoms with E-state index in [1.807, 2.05) is 0 Å². The minimum absolute atomic E-state index is 0.0963. The number of methoxy groups -OCH3 is 1. The average molecular weight is 213 g/mol. The number of nitrogens with two attached hydrogens (primary N) is 1. The van der Waals surface area contributed by atoms with Crippen molar-refractivity contribution in [1.82, 2.24) is 9.13 Å². The fraction of sp³-hybridized carbons (Fsp3) is 0.375. The second-order valence-electron chi connectivity index (χ2n) is 2.95. The van der Waals surface area contributed by atoms with Gasteiger partial charge in [-0.15, -0.1) is 0 Å². The Labute approximate surface area is 84.7 Å². The summed E-state index contributed by atoms with van der Waals surface area (Å²) < 4.78 is 6.20. The van der Waals surface area contributed by atoms with Crippen molar-refractivity contribution in [1.29, 1.82) is 0 Å². The van der Waals surface area contributed by atoms with Gasteiger partial charge in [-0.25, -0.2) is 9.36 Å². The molecule has 2 N–H and O–H groups in total. The molecule has 0 bridgehead atoms. The average Bonchev–Trinajstić information content (AvgIpc) is 2.21. The van der Waals surface area contributed by atoms with Crippen molar-refractivity contribution in [3.63, 3.8) is 0 Å². The molecule has 15 heavy (non-hydrogen) atoms. The summed E-state index contributed by atoms with van der Waals surface area (Å²) in [4.78, 5) is 33.8. The van der Waals surface area contributed by atoms with Crippen LogP contribution >= 0.6 is 0 Å². The van der Waals surface area contributed by atoms with Crippen LogP contribution in [0.15, 0.2) is 15.8 Å². The molecule has 0 aromatic carbocycles. The molecule has 0 saturated heterocycles. The lowest BCUT2D eigenvalue weighted by molar-refractivity contribution is -0.141. The summed E-state index contributed by atoms with van der Waals surface area (Å²) >= 11 is 0. The number of hydrogen-bond acceptors (Lipinski definition) is 5. The summed E-state index contributed by atoms with van der Waals surface area (Å²) in [5.74, 6) is -0.681. The van der Waals surface area contributed by atoms with Gasteiger partial charge >= 0.3 is 11.7 Å². The Morgan fingerprint density at radius 2 is 2.13 bits per heavy atom. The number of esters is 1. The molecule has 1 aromatic rings. The first kappa shape index (κ1) is 11.0. The minimum Gasteiger partial charge on any atom is -0.468 e. The molecule has 0 fully saturated rings. The minimum atomic E-state index is -0.691. The number of rotatable bonds is 2. The van der Waals surface area contributed by atoms with E-state index in [-0.39, 0.29) is 5.69 Å². The summed E-state index contributed by atoms with van der Waals surface area (Å²) in [5.41, 5.74) is 3.96. The van der Waals surface area contributed by atoms with Gasteiger partial charge in [0.15, 0.2) is 0 Å². The zero-order chi connectivity index (χ0) is 11.6. The van der Waals surface area contributed by atoms with Crippen molar-refractivity contribution in [3.05, 3.63) is 27.0 Å². The van der Waals surface area contributed by atoms with Crippen LogP contribution in [-0.4, -0.2) is 22.2 Å². The Morgan fingerprint density at radius 3 is 2.67 bits per heavy atom. The van der Waals surface area contributed by atoms with Crippen LogP contribution in [0.2, 0.25) is 0 Å². The quantitative estimate of drug-likeness (QED) is 0.591. The van der Waals surface area contributed by atoms with Crippen LogP contribution in [-0.2, 0) is 23.1 Å². The normalized spacial score (nSPS) is 10.0. The highest BCUT2D eigenvalue weighted by Gasteiger charge is 2.11. The van der Waals surface area contributed by atoms with Crippen molar-refractivity contribution >= 4 is 11.7 Å². The van der Waals surface area contributed by atoms with Crippen LogP contribution in [0.1, 0.15) is 0 Å². The molecule has 0 aliphatic rings. The number of carbonyl (C=O) groups excluding carboxylic acids is 1. The topological polar surface area (TPSA) is 96.3 Å². The van der Waals surface area contributed by atoms with Crippen LogP contribution in [0.4, 0.5) is 5.69 Å². The monoisotopic (exact) mass is 213 g/mol. The van der Waals surface area contributed by atoms with Crippen molar-refractivity contribution in [2.75, 3.05) is 12.8 Å².